The van der Waals surface area contributed by atoms with Crippen LogP contribution in [0.25, 0.3) is 10.8 Å². The van der Waals surface area contributed by atoms with Crippen molar-refractivity contribution in [3.05, 3.63) is 54.6 Å². The fourth-order valence-electron chi connectivity index (χ4n) is 3.12. The van der Waals surface area contributed by atoms with Gasteiger partial charge in [-0.15, -0.1) is 0 Å². The molecule has 1 amide bonds. The Balaban J connectivity index is 1.73. The predicted molar refractivity (Wildman–Crippen MR) is 106 cm³/mol. The van der Waals surface area contributed by atoms with Crippen molar-refractivity contribution in [2.45, 2.75) is 11.8 Å². The number of ether oxygens (including phenoxy) is 2. The number of carbonyl (C=O) groups excluding carboxylic acids is 1. The average Bonchev–Trinajstić information content (AvgIpc) is 2.67. The highest BCUT2D eigenvalue weighted by Gasteiger charge is 2.21. The number of hydrogen-bond acceptors (Lipinski definition) is 5. The molecule has 0 radical (unpaired) electrons. The molecule has 1 aliphatic heterocycles. The molecule has 144 valence electrons. The molecule has 0 bridgehead atoms. The predicted octanol–water partition coefficient (Wildman–Crippen LogP) is 3.37. The second kappa shape index (κ2) is 7.05. The molecule has 0 spiro atoms. The van der Waals surface area contributed by atoms with Gasteiger partial charge in [-0.2, -0.15) is 0 Å². The molecule has 28 heavy (non-hydrogen) atoms. The van der Waals surface area contributed by atoms with Crippen LogP contribution in [0.3, 0.4) is 0 Å². The molecule has 0 saturated heterocycles. The summed E-state index contributed by atoms with van der Waals surface area (Å²) in [6, 6.07) is 15.1. The summed E-state index contributed by atoms with van der Waals surface area (Å²) in [5.74, 6) is 0.838. The van der Waals surface area contributed by atoms with E-state index < -0.39 is 10.0 Å². The molecule has 2 N–H and O–H groups in total. The Morgan fingerprint density at radius 1 is 1.11 bits per heavy atom. The van der Waals surface area contributed by atoms with Gasteiger partial charge in [-0.25, -0.2) is 8.42 Å². The number of amides is 1. The molecule has 0 fully saturated rings. The van der Waals surface area contributed by atoms with Gasteiger partial charge >= 0.3 is 0 Å². The topological polar surface area (TPSA) is 93.7 Å². The van der Waals surface area contributed by atoms with Crippen LogP contribution in [-0.4, -0.2) is 27.5 Å². The lowest BCUT2D eigenvalue weighted by Crippen LogP contribution is -2.25. The van der Waals surface area contributed by atoms with Crippen LogP contribution in [0, 0.1) is 0 Å². The molecule has 7 nitrogen and oxygen atoms in total. The average molecular weight is 398 g/mol. The monoisotopic (exact) mass is 398 g/mol. The lowest BCUT2D eigenvalue weighted by atomic mass is 10.1. The zero-order valence-corrected chi connectivity index (χ0v) is 15.9. The van der Waals surface area contributed by atoms with Crippen LogP contribution in [0.2, 0.25) is 0 Å². The first-order chi connectivity index (χ1) is 13.5. The molecule has 0 aromatic heterocycles. The van der Waals surface area contributed by atoms with Crippen molar-refractivity contribution in [1.29, 1.82) is 0 Å². The minimum Gasteiger partial charge on any atom is -0.493 e. The van der Waals surface area contributed by atoms with Gasteiger partial charge in [0, 0.05) is 10.8 Å². The van der Waals surface area contributed by atoms with Gasteiger partial charge in [0.1, 0.15) is 11.5 Å². The van der Waals surface area contributed by atoms with E-state index in [-0.39, 0.29) is 17.4 Å². The third kappa shape index (κ3) is 3.34. The lowest BCUT2D eigenvalue weighted by molar-refractivity contribution is -0.118. The molecule has 3 aromatic carbocycles. The highest BCUT2D eigenvalue weighted by Crippen LogP contribution is 2.34. The van der Waals surface area contributed by atoms with E-state index in [0.29, 0.717) is 34.9 Å². The lowest BCUT2D eigenvalue weighted by Gasteiger charge is -2.19. The maximum Gasteiger partial charge on any atom is 0.262 e. The van der Waals surface area contributed by atoms with Crippen molar-refractivity contribution >= 4 is 38.1 Å². The van der Waals surface area contributed by atoms with Crippen LogP contribution in [-0.2, 0) is 14.8 Å². The van der Waals surface area contributed by atoms with E-state index in [9.17, 15) is 13.2 Å². The first-order valence-corrected chi connectivity index (χ1v) is 10.2. The standard InChI is InChI=1S/C20H18N2O5S/c1-2-26-17-9-10-19(15-6-4-3-5-14(15)17)28(24,25)22-13-7-8-18-16(11-13)21-20(23)12-27-18/h3-11,22H,2,12H2,1H3,(H,21,23). The number of carbonyl (C=O) groups is 1. The van der Waals surface area contributed by atoms with Crippen LogP contribution in [0.5, 0.6) is 11.5 Å². The zero-order valence-electron chi connectivity index (χ0n) is 15.1. The molecular weight excluding hydrogens is 380 g/mol. The number of nitrogens with one attached hydrogen (secondary N) is 2. The number of fused-ring (bicyclic) bond motifs is 2. The minimum absolute atomic E-state index is 0.0593. The molecule has 1 heterocycles. The van der Waals surface area contributed by atoms with Crippen LogP contribution in [0.4, 0.5) is 11.4 Å². The number of hydrogen-bond donors (Lipinski definition) is 2. The van der Waals surface area contributed by atoms with E-state index >= 15 is 0 Å². The molecule has 0 aliphatic carbocycles. The first kappa shape index (κ1) is 18.1. The van der Waals surface area contributed by atoms with Crippen LogP contribution >= 0.6 is 0 Å². The maximum atomic E-state index is 13.0. The molecular formula is C20H18N2O5S. The largest absolute Gasteiger partial charge is 0.493 e. The normalized spacial score (nSPS) is 13.4. The Morgan fingerprint density at radius 2 is 1.89 bits per heavy atom. The van der Waals surface area contributed by atoms with Gasteiger partial charge in [0.15, 0.2) is 6.61 Å². The van der Waals surface area contributed by atoms with E-state index in [0.717, 1.165) is 5.39 Å². The van der Waals surface area contributed by atoms with Gasteiger partial charge in [-0.1, -0.05) is 24.3 Å². The third-order valence-corrected chi connectivity index (χ3v) is 5.74. The molecule has 8 heteroatoms. The van der Waals surface area contributed by atoms with E-state index in [1.165, 1.54) is 12.1 Å². The molecule has 4 rings (SSSR count). The third-order valence-electron chi connectivity index (χ3n) is 4.30. The molecule has 0 atom stereocenters. The Hall–Kier alpha value is -3.26. The van der Waals surface area contributed by atoms with Gasteiger partial charge in [0.25, 0.3) is 15.9 Å². The van der Waals surface area contributed by atoms with Crippen molar-refractivity contribution in [2.24, 2.45) is 0 Å². The van der Waals surface area contributed by atoms with Crippen molar-refractivity contribution in [3.8, 4) is 11.5 Å². The summed E-state index contributed by atoms with van der Waals surface area (Å²) in [5.41, 5.74) is 0.746. The van der Waals surface area contributed by atoms with Gasteiger partial charge < -0.3 is 14.8 Å². The Morgan fingerprint density at radius 3 is 2.68 bits per heavy atom. The highest BCUT2D eigenvalue weighted by atomic mass is 32.2. The maximum absolute atomic E-state index is 13.0. The van der Waals surface area contributed by atoms with Crippen molar-refractivity contribution < 1.29 is 22.7 Å². The fourth-order valence-corrected chi connectivity index (χ4v) is 4.38. The second-order valence-electron chi connectivity index (χ2n) is 6.19. The fraction of sp³-hybridized carbons (Fsp3) is 0.150. The number of rotatable bonds is 5. The van der Waals surface area contributed by atoms with E-state index in [1.807, 2.05) is 19.1 Å². The van der Waals surface area contributed by atoms with Gasteiger partial charge in [-0.05, 0) is 37.3 Å². The summed E-state index contributed by atoms with van der Waals surface area (Å²) in [6.45, 7) is 2.30. The van der Waals surface area contributed by atoms with Crippen molar-refractivity contribution in [2.75, 3.05) is 23.3 Å². The number of sulfonamides is 1. The molecule has 3 aromatic rings. The smallest absolute Gasteiger partial charge is 0.262 e. The van der Waals surface area contributed by atoms with Gasteiger partial charge in [-0.3, -0.25) is 9.52 Å². The SMILES string of the molecule is CCOc1ccc(S(=O)(=O)Nc2ccc3c(c2)NC(=O)CO3)c2ccccc12. The zero-order chi connectivity index (χ0) is 19.7. The van der Waals surface area contributed by atoms with Crippen molar-refractivity contribution in [1.82, 2.24) is 0 Å². The van der Waals surface area contributed by atoms with Gasteiger partial charge in [0.2, 0.25) is 0 Å². The Labute approximate surface area is 162 Å². The summed E-state index contributed by atoms with van der Waals surface area (Å²) in [6.07, 6.45) is 0. The summed E-state index contributed by atoms with van der Waals surface area (Å²) >= 11 is 0. The highest BCUT2D eigenvalue weighted by molar-refractivity contribution is 7.93. The van der Waals surface area contributed by atoms with Gasteiger partial charge in [0.05, 0.1) is 22.9 Å². The molecule has 1 aliphatic rings. The number of benzene rings is 3. The van der Waals surface area contributed by atoms with Crippen LogP contribution in [0.15, 0.2) is 59.5 Å². The first-order valence-electron chi connectivity index (χ1n) is 8.72. The summed E-state index contributed by atoms with van der Waals surface area (Å²) in [5, 5.41) is 3.95. The summed E-state index contributed by atoms with van der Waals surface area (Å²) in [7, 11) is -3.87. The summed E-state index contributed by atoms with van der Waals surface area (Å²) < 4.78 is 39.6. The van der Waals surface area contributed by atoms with E-state index in [1.54, 1.807) is 30.3 Å². The minimum atomic E-state index is -3.87. The van der Waals surface area contributed by atoms with E-state index in [4.69, 9.17) is 9.47 Å². The molecule has 0 unspecified atom stereocenters. The quantitative estimate of drug-likeness (QED) is 0.687. The van der Waals surface area contributed by atoms with E-state index in [2.05, 4.69) is 10.0 Å². The molecule has 0 saturated carbocycles. The van der Waals surface area contributed by atoms with Crippen LogP contribution < -0.4 is 19.5 Å². The second-order valence-corrected chi connectivity index (χ2v) is 7.84. The van der Waals surface area contributed by atoms with Crippen LogP contribution in [0.1, 0.15) is 6.92 Å². The Kier molecular flexibility index (Phi) is 4.56. The summed E-state index contributed by atoms with van der Waals surface area (Å²) in [4.78, 5) is 11.6. The Bertz CT molecular complexity index is 1170. The van der Waals surface area contributed by atoms with Crippen molar-refractivity contribution in [3.63, 3.8) is 0 Å². The number of anilines is 2.